The summed E-state index contributed by atoms with van der Waals surface area (Å²) in [5.74, 6) is -1.18. The molecule has 188 valence electrons. The molecule has 1 atom stereocenters. The number of carbonyl (C=O) groups is 2. The van der Waals surface area contributed by atoms with Crippen molar-refractivity contribution in [3.63, 3.8) is 0 Å². The van der Waals surface area contributed by atoms with Gasteiger partial charge in [-0.15, -0.1) is 0 Å². The van der Waals surface area contributed by atoms with Crippen molar-refractivity contribution in [3.05, 3.63) is 99.9 Å². The van der Waals surface area contributed by atoms with Crippen molar-refractivity contribution in [1.29, 1.82) is 0 Å². The van der Waals surface area contributed by atoms with Crippen LogP contribution in [0.4, 0.5) is 11.4 Å². The van der Waals surface area contributed by atoms with E-state index >= 15 is 0 Å². The Hall–Kier alpha value is -4.04. The number of nitrogens with zero attached hydrogens (tertiary/aromatic N) is 2. The molecule has 2 heterocycles. The van der Waals surface area contributed by atoms with Gasteiger partial charge >= 0.3 is 0 Å². The highest BCUT2D eigenvalue weighted by atomic mass is 79.9. The first-order valence-corrected chi connectivity index (χ1v) is 12.6. The zero-order valence-electron chi connectivity index (χ0n) is 20.6. The maximum Gasteiger partial charge on any atom is 0.294 e. The molecule has 1 aliphatic heterocycles. The summed E-state index contributed by atoms with van der Waals surface area (Å²) < 4.78 is 12.4. The molecule has 37 heavy (non-hydrogen) atoms. The zero-order chi connectivity index (χ0) is 26.3. The zero-order valence-corrected chi connectivity index (χ0v) is 22.2. The first-order valence-electron chi connectivity index (χ1n) is 11.8. The van der Waals surface area contributed by atoms with Crippen molar-refractivity contribution in [1.82, 2.24) is 0 Å². The lowest BCUT2D eigenvalue weighted by molar-refractivity contribution is -0.117. The number of fused-ring (bicyclic) bond motifs is 1. The van der Waals surface area contributed by atoms with Gasteiger partial charge in [0, 0.05) is 35.3 Å². The predicted molar refractivity (Wildman–Crippen MR) is 147 cm³/mol. The van der Waals surface area contributed by atoms with E-state index in [1.54, 1.807) is 36.4 Å². The van der Waals surface area contributed by atoms with Gasteiger partial charge in [0.1, 0.15) is 11.3 Å². The second-order valence-electron chi connectivity index (χ2n) is 8.88. The fourth-order valence-electron chi connectivity index (χ4n) is 4.53. The van der Waals surface area contributed by atoms with Crippen LogP contribution in [0.1, 0.15) is 29.1 Å². The van der Waals surface area contributed by atoms with E-state index in [1.165, 1.54) is 4.90 Å². The molecule has 1 amide bonds. The Morgan fingerprint density at radius 3 is 2.54 bits per heavy atom. The number of rotatable bonds is 7. The molecule has 1 unspecified atom stereocenters. The average Bonchev–Trinajstić information content (AvgIpc) is 3.42. The molecular formula is C29H25BrN2O5. The summed E-state index contributed by atoms with van der Waals surface area (Å²) in [5.41, 5.74) is 2.61. The number of anilines is 2. The molecule has 0 spiro atoms. The van der Waals surface area contributed by atoms with Gasteiger partial charge in [0.05, 0.1) is 18.2 Å². The van der Waals surface area contributed by atoms with Gasteiger partial charge in [-0.05, 0) is 73.2 Å². The molecule has 1 aromatic heterocycles. The second-order valence-corrected chi connectivity index (χ2v) is 9.79. The number of aliphatic hydroxyl groups excluding tert-OH is 1. The lowest BCUT2D eigenvalue weighted by Crippen LogP contribution is -2.31. The Balaban J connectivity index is 1.64. The standard InChI is InChI=1S/C29H25BrN2O5/c1-4-36-22-7-5-6-17(15-22)26-25(27(33)24-16-18-14-19(30)8-13-23(18)37-24)28(34)29(35)32(26)21-11-9-20(10-12-21)31(2)3/h5-16,26,34H,4H2,1-3H3. The minimum Gasteiger partial charge on any atom is -0.503 e. The van der Waals surface area contributed by atoms with Gasteiger partial charge in [0.2, 0.25) is 5.78 Å². The number of halogens is 1. The quantitative estimate of drug-likeness (QED) is 0.262. The summed E-state index contributed by atoms with van der Waals surface area (Å²) in [6, 6.07) is 20.7. The maximum absolute atomic E-state index is 13.8. The number of ether oxygens (including phenoxy) is 1. The number of hydrogen-bond acceptors (Lipinski definition) is 6. The molecule has 0 radical (unpaired) electrons. The van der Waals surface area contributed by atoms with E-state index in [9.17, 15) is 14.7 Å². The third-order valence-corrected chi connectivity index (χ3v) is 6.78. The Labute approximate surface area is 222 Å². The molecule has 0 bridgehead atoms. The first-order chi connectivity index (χ1) is 17.8. The summed E-state index contributed by atoms with van der Waals surface area (Å²) in [4.78, 5) is 30.7. The van der Waals surface area contributed by atoms with Gasteiger partial charge in [-0.3, -0.25) is 14.5 Å². The highest BCUT2D eigenvalue weighted by Crippen LogP contribution is 2.43. The van der Waals surface area contributed by atoms with E-state index in [1.807, 2.05) is 62.3 Å². The smallest absolute Gasteiger partial charge is 0.294 e. The van der Waals surface area contributed by atoms with Gasteiger partial charge in [0.15, 0.2) is 11.5 Å². The molecule has 5 rings (SSSR count). The number of hydrogen-bond donors (Lipinski definition) is 1. The molecule has 0 saturated carbocycles. The van der Waals surface area contributed by atoms with E-state index in [2.05, 4.69) is 15.9 Å². The highest BCUT2D eigenvalue weighted by Gasteiger charge is 2.45. The number of Topliss-reactive ketones (excluding diaryl/α,β-unsaturated/α-hetero) is 1. The van der Waals surface area contributed by atoms with E-state index in [-0.39, 0.29) is 11.3 Å². The molecule has 7 nitrogen and oxygen atoms in total. The Morgan fingerprint density at radius 2 is 1.84 bits per heavy atom. The van der Waals surface area contributed by atoms with Crippen LogP contribution in [0.5, 0.6) is 5.75 Å². The van der Waals surface area contributed by atoms with Crippen LogP contribution in [0, 0.1) is 0 Å². The molecule has 0 saturated heterocycles. The Morgan fingerprint density at radius 1 is 1.08 bits per heavy atom. The summed E-state index contributed by atoms with van der Waals surface area (Å²) in [7, 11) is 3.85. The van der Waals surface area contributed by atoms with E-state index in [0.717, 1.165) is 15.5 Å². The lowest BCUT2D eigenvalue weighted by Gasteiger charge is -2.27. The lowest BCUT2D eigenvalue weighted by atomic mass is 9.94. The Kier molecular flexibility index (Phi) is 6.52. The molecule has 8 heteroatoms. The molecular weight excluding hydrogens is 536 g/mol. The monoisotopic (exact) mass is 560 g/mol. The van der Waals surface area contributed by atoms with Crippen LogP contribution in [0.3, 0.4) is 0 Å². The second kappa shape index (κ2) is 9.78. The summed E-state index contributed by atoms with van der Waals surface area (Å²) in [5, 5.41) is 11.8. The third kappa shape index (κ3) is 4.49. The van der Waals surface area contributed by atoms with Crippen molar-refractivity contribution in [2.24, 2.45) is 0 Å². The van der Waals surface area contributed by atoms with Gasteiger partial charge in [-0.2, -0.15) is 0 Å². The molecule has 0 aliphatic carbocycles. The third-order valence-electron chi connectivity index (χ3n) is 6.28. The van der Waals surface area contributed by atoms with Crippen LogP contribution < -0.4 is 14.5 Å². The van der Waals surface area contributed by atoms with Crippen LogP contribution in [-0.2, 0) is 4.79 Å². The van der Waals surface area contributed by atoms with E-state index in [4.69, 9.17) is 9.15 Å². The van der Waals surface area contributed by atoms with E-state index in [0.29, 0.717) is 29.2 Å². The van der Waals surface area contributed by atoms with Crippen LogP contribution >= 0.6 is 15.9 Å². The summed E-state index contributed by atoms with van der Waals surface area (Å²) in [6.45, 7) is 2.34. The van der Waals surface area contributed by atoms with E-state index < -0.39 is 23.5 Å². The number of amides is 1. The van der Waals surface area contributed by atoms with Gasteiger partial charge in [-0.1, -0.05) is 28.1 Å². The van der Waals surface area contributed by atoms with Gasteiger partial charge < -0.3 is 19.2 Å². The minimum atomic E-state index is -0.884. The van der Waals surface area contributed by atoms with Crippen LogP contribution in [0.15, 0.2) is 93.0 Å². The topological polar surface area (TPSA) is 83.2 Å². The van der Waals surface area contributed by atoms with Crippen molar-refractivity contribution >= 4 is 50.0 Å². The molecule has 1 aliphatic rings. The molecule has 1 N–H and O–H groups in total. The number of furan rings is 1. The SMILES string of the molecule is CCOc1cccc(C2C(C(=O)c3cc4cc(Br)ccc4o3)=C(O)C(=O)N2c2ccc(N(C)C)cc2)c1. The number of benzene rings is 3. The number of carbonyl (C=O) groups excluding carboxylic acids is 2. The minimum absolute atomic E-state index is 0.0400. The number of ketones is 1. The average molecular weight is 561 g/mol. The largest absolute Gasteiger partial charge is 0.503 e. The van der Waals surface area contributed by atoms with Crippen LogP contribution in [0.2, 0.25) is 0 Å². The van der Waals surface area contributed by atoms with Crippen LogP contribution in [-0.4, -0.2) is 37.5 Å². The molecule has 4 aromatic rings. The van der Waals surface area contributed by atoms with Crippen molar-refractivity contribution in [2.75, 3.05) is 30.5 Å². The predicted octanol–water partition coefficient (Wildman–Crippen LogP) is 6.44. The summed E-state index contributed by atoms with van der Waals surface area (Å²) in [6.07, 6.45) is 0. The Bertz CT molecular complexity index is 1540. The van der Waals surface area contributed by atoms with Crippen molar-refractivity contribution in [3.8, 4) is 5.75 Å². The first kappa shape index (κ1) is 24.6. The van der Waals surface area contributed by atoms with Gasteiger partial charge in [0.25, 0.3) is 5.91 Å². The normalized spacial score (nSPS) is 15.5. The highest BCUT2D eigenvalue weighted by molar-refractivity contribution is 9.10. The van der Waals surface area contributed by atoms with Crippen LogP contribution in [0.25, 0.3) is 11.0 Å². The number of aliphatic hydroxyl groups is 1. The maximum atomic E-state index is 13.8. The van der Waals surface area contributed by atoms with Crippen molar-refractivity contribution in [2.45, 2.75) is 13.0 Å². The molecule has 0 fully saturated rings. The molecule has 3 aromatic carbocycles. The fourth-order valence-corrected chi connectivity index (χ4v) is 4.91. The fraction of sp³-hybridized carbons (Fsp3) is 0.172. The van der Waals surface area contributed by atoms with Crippen molar-refractivity contribution < 1.29 is 23.8 Å². The van der Waals surface area contributed by atoms with Gasteiger partial charge in [-0.25, -0.2) is 0 Å². The summed E-state index contributed by atoms with van der Waals surface area (Å²) >= 11 is 3.43.